The van der Waals surface area contributed by atoms with E-state index in [1.807, 2.05) is 12.1 Å². The predicted molar refractivity (Wildman–Crippen MR) is 90.0 cm³/mol. The van der Waals surface area contributed by atoms with Crippen molar-refractivity contribution in [3.63, 3.8) is 0 Å². The summed E-state index contributed by atoms with van der Waals surface area (Å²) in [6.45, 7) is 1.34. The summed E-state index contributed by atoms with van der Waals surface area (Å²) in [5, 5.41) is 0. The van der Waals surface area contributed by atoms with Crippen LogP contribution in [0.3, 0.4) is 0 Å². The van der Waals surface area contributed by atoms with E-state index < -0.39 is 11.9 Å². The van der Waals surface area contributed by atoms with Crippen LogP contribution in [-0.2, 0) is 28.9 Å². The lowest BCUT2D eigenvalue weighted by Gasteiger charge is -2.16. The fourth-order valence-corrected chi connectivity index (χ4v) is 3.00. The highest BCUT2D eigenvalue weighted by molar-refractivity contribution is 5.78. The summed E-state index contributed by atoms with van der Waals surface area (Å²) in [7, 11) is 1.43. The molecule has 1 aromatic carbocycles. The number of hydrogen-bond acceptors (Lipinski definition) is 3. The van der Waals surface area contributed by atoms with Crippen LogP contribution >= 0.6 is 0 Å². The highest BCUT2D eigenvalue weighted by Gasteiger charge is 2.33. The summed E-state index contributed by atoms with van der Waals surface area (Å²) in [6.07, 6.45) is -3.07. The van der Waals surface area contributed by atoms with Crippen LogP contribution in [0.5, 0.6) is 0 Å². The number of carbonyl (C=O) groups is 1. The van der Waals surface area contributed by atoms with E-state index in [-0.39, 0.29) is 18.2 Å². The molecule has 1 saturated heterocycles. The van der Waals surface area contributed by atoms with Crippen LogP contribution in [0.15, 0.2) is 36.4 Å². The lowest BCUT2D eigenvalue weighted by Crippen LogP contribution is -2.23. The summed E-state index contributed by atoms with van der Waals surface area (Å²) in [4.78, 5) is 17.2. The molecule has 1 aliphatic rings. The van der Waals surface area contributed by atoms with Gasteiger partial charge >= 0.3 is 6.18 Å². The Morgan fingerprint density at radius 2 is 1.88 bits per heavy atom. The first-order valence-electron chi connectivity index (χ1n) is 8.31. The Kier molecular flexibility index (Phi) is 5.27. The van der Waals surface area contributed by atoms with Gasteiger partial charge in [-0.2, -0.15) is 13.2 Å². The van der Waals surface area contributed by atoms with Crippen molar-refractivity contribution in [1.29, 1.82) is 0 Å². The summed E-state index contributed by atoms with van der Waals surface area (Å²) in [5.74, 6) is 0.137. The fourth-order valence-electron chi connectivity index (χ4n) is 3.00. The SMILES string of the molecule is COCc1cc(-c2ccc(CN3CCCC3=O)cc2)nc(C(F)(F)F)c1. The standard InChI is InChI=1S/C19H19F3N2O2/c1-26-12-14-9-16(23-17(10-14)19(20,21)22)15-6-4-13(5-7-15)11-24-8-2-3-18(24)25/h4-7,9-10H,2-3,8,11-12H2,1H3. The van der Waals surface area contributed by atoms with Crippen molar-refractivity contribution in [3.05, 3.63) is 53.2 Å². The minimum atomic E-state index is -4.52. The zero-order valence-electron chi connectivity index (χ0n) is 14.3. The van der Waals surface area contributed by atoms with Crippen LogP contribution < -0.4 is 0 Å². The van der Waals surface area contributed by atoms with Crippen molar-refractivity contribution in [2.24, 2.45) is 0 Å². The van der Waals surface area contributed by atoms with Gasteiger partial charge in [-0.25, -0.2) is 4.98 Å². The van der Waals surface area contributed by atoms with E-state index in [2.05, 4.69) is 4.98 Å². The zero-order valence-corrected chi connectivity index (χ0v) is 14.3. The van der Waals surface area contributed by atoms with Crippen LogP contribution in [0.2, 0.25) is 0 Å². The van der Waals surface area contributed by atoms with E-state index in [0.29, 0.717) is 24.1 Å². The Morgan fingerprint density at radius 3 is 2.46 bits per heavy atom. The van der Waals surface area contributed by atoms with Crippen molar-refractivity contribution in [3.8, 4) is 11.3 Å². The molecule has 1 aromatic heterocycles. The van der Waals surface area contributed by atoms with E-state index in [1.165, 1.54) is 7.11 Å². The number of amides is 1. The molecule has 2 aromatic rings. The van der Waals surface area contributed by atoms with E-state index in [9.17, 15) is 18.0 Å². The quantitative estimate of drug-likeness (QED) is 0.804. The molecule has 4 nitrogen and oxygen atoms in total. The number of carbonyl (C=O) groups excluding carboxylic acids is 1. The monoisotopic (exact) mass is 364 g/mol. The minimum absolute atomic E-state index is 0.0771. The summed E-state index contributed by atoms with van der Waals surface area (Å²) >= 11 is 0. The third kappa shape index (κ3) is 4.22. The molecule has 3 rings (SSSR count). The highest BCUT2D eigenvalue weighted by atomic mass is 19.4. The van der Waals surface area contributed by atoms with Crippen molar-refractivity contribution in [2.75, 3.05) is 13.7 Å². The minimum Gasteiger partial charge on any atom is -0.380 e. The predicted octanol–water partition coefficient (Wildman–Crippen LogP) is 4.04. The van der Waals surface area contributed by atoms with Crippen LogP contribution in [0.1, 0.15) is 29.7 Å². The lowest BCUT2D eigenvalue weighted by atomic mass is 10.1. The van der Waals surface area contributed by atoms with Gasteiger partial charge in [0.25, 0.3) is 0 Å². The molecule has 26 heavy (non-hydrogen) atoms. The first kappa shape index (κ1) is 18.4. The van der Waals surface area contributed by atoms with Gasteiger partial charge in [-0.05, 0) is 29.7 Å². The number of ether oxygens (including phenoxy) is 1. The molecular weight excluding hydrogens is 345 g/mol. The topological polar surface area (TPSA) is 42.4 Å². The average Bonchev–Trinajstić information content (AvgIpc) is 3.00. The number of rotatable bonds is 5. The van der Waals surface area contributed by atoms with Gasteiger partial charge in [-0.3, -0.25) is 4.79 Å². The van der Waals surface area contributed by atoms with Gasteiger partial charge in [-0.15, -0.1) is 0 Å². The molecular formula is C19H19F3N2O2. The molecule has 0 aliphatic carbocycles. The molecule has 1 aliphatic heterocycles. The van der Waals surface area contributed by atoms with Crippen LogP contribution in [0, 0.1) is 0 Å². The Hall–Kier alpha value is -2.41. The van der Waals surface area contributed by atoms with E-state index in [4.69, 9.17) is 4.74 Å². The molecule has 2 heterocycles. The Labute approximate surface area is 149 Å². The van der Waals surface area contributed by atoms with Gasteiger partial charge < -0.3 is 9.64 Å². The number of likely N-dealkylation sites (tertiary alicyclic amines) is 1. The van der Waals surface area contributed by atoms with Crippen LogP contribution in [-0.4, -0.2) is 29.4 Å². The average molecular weight is 364 g/mol. The van der Waals surface area contributed by atoms with Gasteiger partial charge in [0.05, 0.1) is 12.3 Å². The number of benzene rings is 1. The summed E-state index contributed by atoms with van der Waals surface area (Å²) < 4.78 is 44.2. The Balaban J connectivity index is 1.85. The Bertz CT molecular complexity index is 788. The fraction of sp³-hybridized carbons (Fsp3) is 0.368. The third-order valence-corrected chi connectivity index (χ3v) is 4.28. The molecule has 0 bridgehead atoms. The number of pyridine rings is 1. The largest absolute Gasteiger partial charge is 0.433 e. The highest BCUT2D eigenvalue weighted by Crippen LogP contribution is 2.31. The van der Waals surface area contributed by atoms with Crippen molar-refractivity contribution >= 4 is 5.91 Å². The maximum atomic E-state index is 13.1. The molecule has 0 saturated carbocycles. The second kappa shape index (κ2) is 7.45. The zero-order chi connectivity index (χ0) is 18.7. The first-order chi connectivity index (χ1) is 12.4. The molecule has 1 amide bonds. The van der Waals surface area contributed by atoms with Gasteiger partial charge in [-0.1, -0.05) is 24.3 Å². The molecule has 0 atom stereocenters. The van der Waals surface area contributed by atoms with Gasteiger partial charge in [0, 0.05) is 32.2 Å². The molecule has 138 valence electrons. The van der Waals surface area contributed by atoms with Crippen molar-refractivity contribution < 1.29 is 22.7 Å². The molecule has 0 unspecified atom stereocenters. The molecule has 1 fully saturated rings. The van der Waals surface area contributed by atoms with E-state index in [1.54, 1.807) is 23.1 Å². The van der Waals surface area contributed by atoms with Crippen molar-refractivity contribution in [1.82, 2.24) is 9.88 Å². The maximum Gasteiger partial charge on any atom is 0.433 e. The van der Waals surface area contributed by atoms with Gasteiger partial charge in [0.2, 0.25) is 5.91 Å². The second-order valence-corrected chi connectivity index (χ2v) is 6.29. The van der Waals surface area contributed by atoms with Gasteiger partial charge in [0.15, 0.2) is 0 Å². The number of hydrogen-bond donors (Lipinski definition) is 0. The number of nitrogens with zero attached hydrogens (tertiary/aromatic N) is 2. The number of alkyl halides is 3. The molecule has 0 radical (unpaired) electrons. The normalized spacial score (nSPS) is 14.9. The number of aromatic nitrogens is 1. The first-order valence-corrected chi connectivity index (χ1v) is 8.31. The third-order valence-electron chi connectivity index (χ3n) is 4.28. The van der Waals surface area contributed by atoms with Crippen LogP contribution in [0.4, 0.5) is 13.2 Å². The number of halogens is 3. The van der Waals surface area contributed by atoms with Gasteiger partial charge in [0.1, 0.15) is 5.69 Å². The van der Waals surface area contributed by atoms with Crippen LogP contribution in [0.25, 0.3) is 11.3 Å². The molecule has 7 heteroatoms. The lowest BCUT2D eigenvalue weighted by molar-refractivity contribution is -0.141. The molecule has 0 spiro atoms. The molecule has 0 N–H and O–H groups in total. The smallest absolute Gasteiger partial charge is 0.380 e. The van der Waals surface area contributed by atoms with E-state index in [0.717, 1.165) is 24.6 Å². The van der Waals surface area contributed by atoms with E-state index >= 15 is 0 Å². The van der Waals surface area contributed by atoms with Crippen molar-refractivity contribution in [2.45, 2.75) is 32.2 Å². The Morgan fingerprint density at radius 1 is 1.15 bits per heavy atom. The second-order valence-electron chi connectivity index (χ2n) is 6.29. The summed E-state index contributed by atoms with van der Waals surface area (Å²) in [5.41, 5.74) is 1.25. The maximum absolute atomic E-state index is 13.1. The summed E-state index contributed by atoms with van der Waals surface area (Å²) in [6, 6.07) is 9.69. The number of methoxy groups -OCH3 is 1.